The lowest BCUT2D eigenvalue weighted by Gasteiger charge is -2.08. The number of ether oxygens (including phenoxy) is 1. The van der Waals surface area contributed by atoms with E-state index in [0.29, 0.717) is 24.0 Å². The van der Waals surface area contributed by atoms with Gasteiger partial charge < -0.3 is 15.0 Å². The van der Waals surface area contributed by atoms with Crippen LogP contribution < -0.4 is 10.5 Å². The van der Waals surface area contributed by atoms with E-state index in [1.165, 1.54) is 0 Å². The number of fused-ring (bicyclic) bond motifs is 1. The third-order valence-electron chi connectivity index (χ3n) is 2.93. The van der Waals surface area contributed by atoms with Crippen LogP contribution in [0, 0.1) is 11.3 Å². The summed E-state index contributed by atoms with van der Waals surface area (Å²) in [6.45, 7) is 3.95. The van der Waals surface area contributed by atoms with Crippen LogP contribution in [0.2, 0.25) is 0 Å². The molecule has 0 fully saturated rings. The zero-order valence-electron chi connectivity index (χ0n) is 14.3. The Balaban J connectivity index is 0.000000550. The molecule has 8 heteroatoms. The van der Waals surface area contributed by atoms with Crippen molar-refractivity contribution in [3.05, 3.63) is 42.0 Å². The lowest BCUT2D eigenvalue weighted by molar-refractivity contribution is -0.135. The number of rotatable bonds is 4. The first-order valence-electron chi connectivity index (χ1n) is 7.45. The second kappa shape index (κ2) is 8.59. The van der Waals surface area contributed by atoms with Gasteiger partial charge >= 0.3 is 5.97 Å². The highest BCUT2D eigenvalue weighted by molar-refractivity contribution is 7.84. The fourth-order valence-electron chi connectivity index (χ4n) is 1.96. The van der Waals surface area contributed by atoms with Crippen LogP contribution in [-0.2, 0) is 14.9 Å². The Morgan fingerprint density at radius 3 is 2.24 bits per heavy atom. The summed E-state index contributed by atoms with van der Waals surface area (Å²) in [7, 11) is -3.92. The van der Waals surface area contributed by atoms with Crippen molar-refractivity contribution in [3.8, 4) is 5.75 Å². The molecule has 0 heterocycles. The van der Waals surface area contributed by atoms with Crippen molar-refractivity contribution in [2.45, 2.75) is 20.3 Å². The number of nitrogens with one attached hydrogen (secondary N) is 1. The summed E-state index contributed by atoms with van der Waals surface area (Å²) in [6.07, 6.45) is 1.01. The van der Waals surface area contributed by atoms with Crippen molar-refractivity contribution in [2.24, 2.45) is 11.7 Å². The molecule has 2 aromatic rings. The first kappa shape index (κ1) is 20.6. The second-order valence-corrected chi connectivity index (χ2v) is 7.32. The number of nitrogens with two attached hydrogens (primary N) is 1. The summed E-state index contributed by atoms with van der Waals surface area (Å²) >= 11 is 0. The van der Waals surface area contributed by atoms with Crippen LogP contribution in [0.1, 0.15) is 25.8 Å². The fourth-order valence-corrected chi connectivity index (χ4v) is 1.96. The molecule has 25 heavy (non-hydrogen) atoms. The molecule has 2 aromatic carbocycles. The summed E-state index contributed by atoms with van der Waals surface area (Å²) in [4.78, 5) is 11.6. The molecule has 0 aliphatic heterocycles. The average molecular weight is 365 g/mol. The summed E-state index contributed by atoms with van der Waals surface area (Å²) in [5.74, 6) is 0.638. The van der Waals surface area contributed by atoms with E-state index in [4.69, 9.17) is 28.9 Å². The van der Waals surface area contributed by atoms with Gasteiger partial charge in [0.1, 0.15) is 11.6 Å². The number of benzene rings is 2. The van der Waals surface area contributed by atoms with E-state index >= 15 is 0 Å². The molecular formula is C17H21N2O5S-. The molecule has 0 aliphatic carbocycles. The highest BCUT2D eigenvalue weighted by Crippen LogP contribution is 2.22. The zero-order valence-corrected chi connectivity index (χ0v) is 15.1. The van der Waals surface area contributed by atoms with Crippen LogP contribution in [0.15, 0.2) is 36.4 Å². The van der Waals surface area contributed by atoms with Crippen LogP contribution in [0.5, 0.6) is 5.75 Å². The predicted molar refractivity (Wildman–Crippen MR) is 95.7 cm³/mol. The van der Waals surface area contributed by atoms with Crippen molar-refractivity contribution >= 4 is 32.7 Å². The first-order chi connectivity index (χ1) is 11.5. The van der Waals surface area contributed by atoms with Gasteiger partial charge in [-0.15, -0.1) is 0 Å². The molecule has 0 radical (unpaired) electrons. The van der Waals surface area contributed by atoms with Crippen molar-refractivity contribution in [2.75, 3.05) is 6.26 Å². The Morgan fingerprint density at radius 2 is 1.72 bits per heavy atom. The lowest BCUT2D eigenvalue weighted by Crippen LogP contribution is -2.11. The molecule has 2 rings (SSSR count). The molecule has 0 saturated heterocycles. The molecule has 7 nitrogen and oxygen atoms in total. The monoisotopic (exact) mass is 365 g/mol. The molecule has 0 aliphatic rings. The molecule has 0 spiro atoms. The first-order valence-corrected chi connectivity index (χ1v) is 9.27. The lowest BCUT2D eigenvalue weighted by atomic mass is 10.1. The van der Waals surface area contributed by atoms with Gasteiger partial charge in [-0.05, 0) is 34.9 Å². The molecule has 136 valence electrons. The van der Waals surface area contributed by atoms with Gasteiger partial charge in [0.2, 0.25) is 0 Å². The minimum absolute atomic E-state index is 0.0411. The maximum atomic E-state index is 11.6. The highest BCUT2D eigenvalue weighted by atomic mass is 32.2. The number of hydrogen-bond acceptors (Lipinski definition) is 6. The van der Waals surface area contributed by atoms with Gasteiger partial charge in [-0.25, -0.2) is 8.42 Å². The number of esters is 1. The van der Waals surface area contributed by atoms with Crippen LogP contribution >= 0.6 is 0 Å². The fraction of sp³-hybridized carbons (Fsp3) is 0.294. The topological polar surface area (TPSA) is 133 Å². The van der Waals surface area contributed by atoms with Gasteiger partial charge in [0.25, 0.3) is 0 Å². The van der Waals surface area contributed by atoms with Crippen LogP contribution in [0.3, 0.4) is 0 Å². The van der Waals surface area contributed by atoms with E-state index in [2.05, 4.69) is 0 Å². The third-order valence-corrected chi connectivity index (χ3v) is 2.93. The van der Waals surface area contributed by atoms with Gasteiger partial charge in [-0.1, -0.05) is 32.0 Å². The summed E-state index contributed by atoms with van der Waals surface area (Å²) < 4.78 is 32.5. The third kappa shape index (κ3) is 8.27. The largest absolute Gasteiger partial charge is 0.748 e. The summed E-state index contributed by atoms with van der Waals surface area (Å²) in [5.41, 5.74) is 6.14. The van der Waals surface area contributed by atoms with Crippen molar-refractivity contribution in [3.63, 3.8) is 0 Å². The maximum Gasteiger partial charge on any atom is 0.311 e. The summed E-state index contributed by atoms with van der Waals surface area (Å²) in [5, 5.41) is 9.33. The van der Waals surface area contributed by atoms with Crippen LogP contribution in [-0.4, -0.2) is 31.0 Å². The molecule has 0 unspecified atom stereocenters. The van der Waals surface area contributed by atoms with E-state index < -0.39 is 10.1 Å². The van der Waals surface area contributed by atoms with Crippen molar-refractivity contribution in [1.29, 1.82) is 5.41 Å². The van der Waals surface area contributed by atoms with Gasteiger partial charge in [0, 0.05) is 18.2 Å². The van der Waals surface area contributed by atoms with Crippen LogP contribution in [0.25, 0.3) is 10.8 Å². The number of carbonyl (C=O) groups excluding carboxylic acids is 1. The van der Waals surface area contributed by atoms with Gasteiger partial charge in [-0.2, -0.15) is 0 Å². The number of amidine groups is 1. The van der Waals surface area contributed by atoms with E-state index in [1.807, 2.05) is 38.1 Å². The number of hydrogen-bond donors (Lipinski definition) is 2. The molecule has 0 amide bonds. The Morgan fingerprint density at radius 1 is 1.20 bits per heavy atom. The quantitative estimate of drug-likeness (QED) is 0.281. The Bertz CT molecular complexity index is 868. The molecule has 3 N–H and O–H groups in total. The van der Waals surface area contributed by atoms with E-state index in [0.717, 1.165) is 10.8 Å². The Hall–Kier alpha value is -2.45. The second-order valence-electron chi connectivity index (χ2n) is 5.91. The predicted octanol–water partition coefficient (Wildman–Crippen LogP) is 2.24. The van der Waals surface area contributed by atoms with E-state index in [1.54, 1.807) is 12.1 Å². The molecule has 0 atom stereocenters. The maximum absolute atomic E-state index is 11.6. The van der Waals surface area contributed by atoms with Crippen LogP contribution in [0.4, 0.5) is 0 Å². The van der Waals surface area contributed by atoms with E-state index in [9.17, 15) is 4.79 Å². The number of nitrogen functional groups attached to an aromatic ring is 1. The molecule has 0 saturated carbocycles. The van der Waals surface area contributed by atoms with Crippen molar-refractivity contribution in [1.82, 2.24) is 0 Å². The smallest absolute Gasteiger partial charge is 0.311 e. The molecule has 0 bridgehead atoms. The molecule has 0 aromatic heterocycles. The summed E-state index contributed by atoms with van der Waals surface area (Å²) in [6, 6.07) is 10.9. The van der Waals surface area contributed by atoms with E-state index in [-0.39, 0.29) is 17.7 Å². The Labute approximate surface area is 147 Å². The normalized spacial score (nSPS) is 10.9. The van der Waals surface area contributed by atoms with Crippen molar-refractivity contribution < 1.29 is 22.5 Å². The number of carbonyl (C=O) groups is 1. The standard InChI is InChI=1S/C16H18N2O2.CH4O3S/c1-10(2)7-15(19)20-14-6-5-11-8-13(16(17)18)4-3-12(11)9-14;1-5(2,3)4/h3-6,8-10H,7H2,1-2H3,(H3,17,18);1H3,(H,2,3,4)/p-1. The van der Waals surface area contributed by atoms with Gasteiger partial charge in [-0.3, -0.25) is 10.2 Å². The average Bonchev–Trinajstić information content (AvgIpc) is 2.43. The Kier molecular flexibility index (Phi) is 7.08. The molecular weight excluding hydrogens is 344 g/mol. The minimum Gasteiger partial charge on any atom is -0.748 e. The minimum atomic E-state index is -3.92. The zero-order chi connectivity index (χ0) is 19.2. The SMILES string of the molecule is CC(C)CC(=O)Oc1ccc2cc(C(=N)N)ccc2c1.CS(=O)(=O)[O-]. The van der Waals surface area contributed by atoms with Gasteiger partial charge in [0.05, 0.1) is 10.1 Å². The highest BCUT2D eigenvalue weighted by Gasteiger charge is 2.08. The van der Waals surface area contributed by atoms with Gasteiger partial charge in [0.15, 0.2) is 0 Å².